The molecule has 0 aliphatic carbocycles. The predicted octanol–water partition coefficient (Wildman–Crippen LogP) is 0.955. The summed E-state index contributed by atoms with van der Waals surface area (Å²) in [7, 11) is 1.13. The van der Waals surface area contributed by atoms with Gasteiger partial charge in [-0.2, -0.15) is 0 Å². The maximum absolute atomic E-state index is 11.9. The Bertz CT molecular complexity index is 650. The zero-order chi connectivity index (χ0) is 14.0. The Balaban J connectivity index is 2.16. The molecule has 104 valence electrons. The van der Waals surface area contributed by atoms with E-state index in [-0.39, 0.29) is 11.6 Å². The van der Waals surface area contributed by atoms with Gasteiger partial charge < -0.3 is 0 Å². The van der Waals surface area contributed by atoms with Crippen molar-refractivity contribution in [2.45, 2.75) is 19.5 Å². The van der Waals surface area contributed by atoms with E-state index in [0.29, 0.717) is 17.3 Å². The van der Waals surface area contributed by atoms with Crippen LogP contribution in [0.1, 0.15) is 12.6 Å². The predicted molar refractivity (Wildman–Crippen MR) is 79.2 cm³/mol. The van der Waals surface area contributed by atoms with Gasteiger partial charge in [0.2, 0.25) is 0 Å². The molecule has 0 fully saturated rings. The zero-order valence-corrected chi connectivity index (χ0v) is 12.8. The van der Waals surface area contributed by atoms with Crippen molar-refractivity contribution >= 4 is 27.1 Å². The minimum absolute atomic E-state index is 0.0543. The summed E-state index contributed by atoms with van der Waals surface area (Å²) in [5, 5.41) is 1.85. The lowest BCUT2D eigenvalue weighted by molar-refractivity contribution is 0.265. The third-order valence-electron chi connectivity index (χ3n) is 3.00. The van der Waals surface area contributed by atoms with Crippen LogP contribution in [0, 0.1) is 0 Å². The Morgan fingerprint density at radius 3 is 3.00 bits per heavy atom. The summed E-state index contributed by atoms with van der Waals surface area (Å²) < 4.78 is 12.8. The Morgan fingerprint density at radius 1 is 1.58 bits per heavy atom. The van der Waals surface area contributed by atoms with Gasteiger partial charge in [-0.3, -0.25) is 18.3 Å². The summed E-state index contributed by atoms with van der Waals surface area (Å²) in [6.07, 6.45) is 3.43. The van der Waals surface area contributed by atoms with Gasteiger partial charge in [-0.05, 0) is 14.0 Å². The minimum atomic E-state index is -0.820. The summed E-state index contributed by atoms with van der Waals surface area (Å²) in [6.45, 7) is 2.61. The van der Waals surface area contributed by atoms with Crippen molar-refractivity contribution in [3.05, 3.63) is 33.7 Å². The van der Waals surface area contributed by atoms with Gasteiger partial charge in [0.15, 0.2) is 4.96 Å². The smallest absolute Gasteiger partial charge is 0.258 e. The third-order valence-corrected chi connectivity index (χ3v) is 4.70. The highest BCUT2D eigenvalue weighted by Gasteiger charge is 2.13. The monoisotopic (exact) mass is 299 g/mol. The molecule has 2 aromatic rings. The van der Waals surface area contributed by atoms with Crippen molar-refractivity contribution in [3.8, 4) is 0 Å². The van der Waals surface area contributed by atoms with Gasteiger partial charge in [0.1, 0.15) is 0 Å². The van der Waals surface area contributed by atoms with Crippen molar-refractivity contribution in [1.29, 1.82) is 0 Å². The van der Waals surface area contributed by atoms with E-state index in [4.69, 9.17) is 0 Å². The molecule has 0 unspecified atom stereocenters. The molecule has 2 heterocycles. The molecular formula is C12H17N3O2S2. The van der Waals surface area contributed by atoms with Crippen molar-refractivity contribution in [2.75, 3.05) is 19.1 Å². The number of hydrogen-bond acceptors (Lipinski definition) is 5. The summed E-state index contributed by atoms with van der Waals surface area (Å²) in [5.41, 5.74) is 0.699. The third kappa shape index (κ3) is 3.49. The zero-order valence-electron chi connectivity index (χ0n) is 11.2. The first kappa shape index (κ1) is 14.4. The van der Waals surface area contributed by atoms with Crippen LogP contribution in [0.25, 0.3) is 4.96 Å². The van der Waals surface area contributed by atoms with E-state index in [9.17, 15) is 9.00 Å². The fourth-order valence-corrected chi connectivity index (χ4v) is 3.52. The van der Waals surface area contributed by atoms with E-state index >= 15 is 0 Å². The van der Waals surface area contributed by atoms with E-state index in [1.54, 1.807) is 22.9 Å². The SMILES string of the molecule is C[C@@H](C[S@](C)=O)N(C)Cc1cc(=O)n2ccsc2n1. The molecule has 0 saturated carbocycles. The van der Waals surface area contributed by atoms with Gasteiger partial charge in [-0.25, -0.2) is 4.98 Å². The molecule has 0 saturated heterocycles. The molecule has 2 aromatic heterocycles. The van der Waals surface area contributed by atoms with E-state index < -0.39 is 10.8 Å². The molecule has 0 aliphatic rings. The first-order valence-corrected chi connectivity index (χ1v) is 8.54. The Kier molecular flexibility index (Phi) is 4.49. The van der Waals surface area contributed by atoms with E-state index in [1.807, 2.05) is 19.4 Å². The molecule has 0 N–H and O–H groups in total. The van der Waals surface area contributed by atoms with E-state index in [1.165, 1.54) is 11.3 Å². The highest BCUT2D eigenvalue weighted by atomic mass is 32.2. The lowest BCUT2D eigenvalue weighted by Crippen LogP contribution is -2.33. The number of thiazole rings is 1. The number of fused-ring (bicyclic) bond motifs is 1. The molecular weight excluding hydrogens is 282 g/mol. The van der Waals surface area contributed by atoms with Crippen LogP contribution in [0.5, 0.6) is 0 Å². The first-order valence-electron chi connectivity index (χ1n) is 5.93. The quantitative estimate of drug-likeness (QED) is 0.825. The topological polar surface area (TPSA) is 54.7 Å². The average Bonchev–Trinajstić information content (AvgIpc) is 2.76. The maximum Gasteiger partial charge on any atom is 0.258 e. The number of aromatic nitrogens is 2. The number of hydrogen-bond donors (Lipinski definition) is 0. The highest BCUT2D eigenvalue weighted by molar-refractivity contribution is 7.84. The van der Waals surface area contributed by atoms with Crippen molar-refractivity contribution in [1.82, 2.24) is 14.3 Å². The summed E-state index contributed by atoms with van der Waals surface area (Å²) in [4.78, 5) is 19.1. The van der Waals surface area contributed by atoms with Crippen molar-refractivity contribution in [3.63, 3.8) is 0 Å². The standard InChI is InChI=1S/C12H17N3O2S2/c1-9(8-19(3)17)14(2)7-10-6-11(16)15-4-5-18-12(15)13-10/h4-6,9H,7-8H2,1-3H3/t9-,19-/m0/s1. The van der Waals surface area contributed by atoms with Crippen LogP contribution in [-0.4, -0.2) is 43.6 Å². The molecule has 19 heavy (non-hydrogen) atoms. The second-order valence-corrected chi connectivity index (χ2v) is 7.00. The molecule has 2 rings (SSSR count). The summed E-state index contributed by atoms with van der Waals surface area (Å²) in [5.74, 6) is 0.622. The van der Waals surface area contributed by atoms with Gasteiger partial charge in [-0.15, -0.1) is 11.3 Å². The Labute approximate surface area is 118 Å². The van der Waals surface area contributed by atoms with Gasteiger partial charge in [0.25, 0.3) is 5.56 Å². The lowest BCUT2D eigenvalue weighted by atomic mass is 10.3. The normalized spacial score (nSPS) is 14.9. The van der Waals surface area contributed by atoms with Crippen molar-refractivity contribution in [2.24, 2.45) is 0 Å². The Hall–Kier alpha value is -1.05. The summed E-state index contributed by atoms with van der Waals surface area (Å²) >= 11 is 1.45. The fraction of sp³-hybridized carbons (Fsp3) is 0.500. The molecule has 0 aliphatic heterocycles. The van der Waals surface area contributed by atoms with E-state index in [2.05, 4.69) is 9.88 Å². The number of nitrogens with zero attached hydrogens (tertiary/aromatic N) is 3. The van der Waals surface area contributed by atoms with Crippen LogP contribution in [0.2, 0.25) is 0 Å². The molecule has 0 bridgehead atoms. The minimum Gasteiger partial charge on any atom is -0.297 e. The second kappa shape index (κ2) is 5.94. The summed E-state index contributed by atoms with van der Waals surface area (Å²) in [6, 6.07) is 1.75. The fourth-order valence-electron chi connectivity index (χ4n) is 1.85. The first-order chi connectivity index (χ1) is 8.97. The molecule has 5 nitrogen and oxygen atoms in total. The Morgan fingerprint density at radius 2 is 2.32 bits per heavy atom. The highest BCUT2D eigenvalue weighted by Crippen LogP contribution is 2.09. The van der Waals surface area contributed by atoms with Gasteiger partial charge in [0.05, 0.1) is 5.69 Å². The number of rotatable bonds is 5. The van der Waals surface area contributed by atoms with Crippen LogP contribution >= 0.6 is 11.3 Å². The van der Waals surface area contributed by atoms with Gasteiger partial charge >= 0.3 is 0 Å². The maximum atomic E-state index is 11.9. The second-order valence-electron chi connectivity index (χ2n) is 4.65. The van der Waals surface area contributed by atoms with Crippen LogP contribution in [0.15, 0.2) is 22.4 Å². The van der Waals surface area contributed by atoms with Gasteiger partial charge in [0, 0.05) is 53.0 Å². The van der Waals surface area contributed by atoms with E-state index in [0.717, 1.165) is 5.69 Å². The van der Waals surface area contributed by atoms with Crippen LogP contribution < -0.4 is 5.56 Å². The average molecular weight is 299 g/mol. The molecule has 2 atom stereocenters. The molecule has 0 aromatic carbocycles. The van der Waals surface area contributed by atoms with Crippen LogP contribution in [0.3, 0.4) is 0 Å². The van der Waals surface area contributed by atoms with Crippen molar-refractivity contribution < 1.29 is 4.21 Å². The molecule has 0 radical (unpaired) electrons. The van der Waals surface area contributed by atoms with Crippen LogP contribution in [0.4, 0.5) is 0 Å². The molecule has 7 heteroatoms. The molecule has 0 spiro atoms. The van der Waals surface area contributed by atoms with Gasteiger partial charge in [-0.1, -0.05) is 0 Å². The largest absolute Gasteiger partial charge is 0.297 e. The molecule has 0 amide bonds. The lowest BCUT2D eigenvalue weighted by Gasteiger charge is -2.23. The van der Waals surface area contributed by atoms with Crippen LogP contribution in [-0.2, 0) is 17.3 Å².